The van der Waals surface area contributed by atoms with Crippen LogP contribution in [0, 0.1) is 11.8 Å². The number of hydrogen-bond donors (Lipinski definition) is 1. The summed E-state index contributed by atoms with van der Waals surface area (Å²) in [5.74, 6) is 1.61. The molecule has 0 saturated heterocycles. The number of hydrogen-bond acceptors (Lipinski definition) is 2. The molecule has 1 aliphatic rings. The molecule has 1 N–H and O–H groups in total. The summed E-state index contributed by atoms with van der Waals surface area (Å²) < 4.78 is 0. The molecule has 18 heavy (non-hydrogen) atoms. The molecule has 0 aromatic heterocycles. The van der Waals surface area contributed by atoms with Gasteiger partial charge in [-0.25, -0.2) is 0 Å². The second kappa shape index (κ2) is 6.51. The highest BCUT2D eigenvalue weighted by atomic mass is 32.2. The minimum Gasteiger partial charge on any atom is -0.381 e. The Kier molecular flexibility index (Phi) is 4.99. The Hall–Kier alpha value is -0.630. The third-order valence-electron chi connectivity index (χ3n) is 4.12. The summed E-state index contributed by atoms with van der Waals surface area (Å²) in [6.07, 6.45) is 7.65. The van der Waals surface area contributed by atoms with Crippen LogP contribution in [0.2, 0.25) is 0 Å². The van der Waals surface area contributed by atoms with E-state index in [4.69, 9.17) is 0 Å². The summed E-state index contributed by atoms with van der Waals surface area (Å²) in [7, 11) is 0. The van der Waals surface area contributed by atoms with Crippen LogP contribution in [0.3, 0.4) is 0 Å². The average Bonchev–Trinajstić information content (AvgIpc) is 2.40. The molecular formula is C16H25NS. The van der Waals surface area contributed by atoms with Crippen LogP contribution in [0.4, 0.5) is 5.69 Å². The summed E-state index contributed by atoms with van der Waals surface area (Å²) in [6.45, 7) is 4.73. The smallest absolute Gasteiger partial charge is 0.0480 e. The Balaban J connectivity index is 2.11. The normalized spacial score (nSPS) is 24.2. The van der Waals surface area contributed by atoms with E-state index in [0.717, 1.165) is 11.8 Å². The van der Waals surface area contributed by atoms with Crippen LogP contribution in [0.25, 0.3) is 0 Å². The van der Waals surface area contributed by atoms with Crippen molar-refractivity contribution < 1.29 is 0 Å². The van der Waals surface area contributed by atoms with Crippen LogP contribution in [-0.2, 0) is 0 Å². The van der Waals surface area contributed by atoms with Crippen LogP contribution in [-0.4, -0.2) is 12.3 Å². The third-order valence-corrected chi connectivity index (χ3v) is 4.92. The quantitative estimate of drug-likeness (QED) is 0.764. The molecule has 0 amide bonds. The minimum atomic E-state index is 0.659. The minimum absolute atomic E-state index is 0.659. The zero-order valence-electron chi connectivity index (χ0n) is 11.8. The monoisotopic (exact) mass is 263 g/mol. The van der Waals surface area contributed by atoms with Gasteiger partial charge in [0.2, 0.25) is 0 Å². The number of rotatable bonds is 4. The number of benzene rings is 1. The van der Waals surface area contributed by atoms with Crippen LogP contribution in [0.5, 0.6) is 0 Å². The molecule has 2 atom stereocenters. The highest BCUT2D eigenvalue weighted by molar-refractivity contribution is 7.98. The Morgan fingerprint density at radius 1 is 1.17 bits per heavy atom. The second-order valence-corrected chi connectivity index (χ2v) is 6.49. The Morgan fingerprint density at radius 3 is 2.61 bits per heavy atom. The van der Waals surface area contributed by atoms with Crippen molar-refractivity contribution in [2.24, 2.45) is 11.8 Å². The largest absolute Gasteiger partial charge is 0.381 e. The average molecular weight is 263 g/mol. The molecule has 0 radical (unpaired) electrons. The summed E-state index contributed by atoms with van der Waals surface area (Å²) in [5.41, 5.74) is 1.32. The van der Waals surface area contributed by atoms with Gasteiger partial charge in [0.25, 0.3) is 0 Å². The highest BCUT2D eigenvalue weighted by Crippen LogP contribution is 2.34. The maximum Gasteiger partial charge on any atom is 0.0480 e. The van der Waals surface area contributed by atoms with E-state index in [0.29, 0.717) is 6.04 Å². The van der Waals surface area contributed by atoms with Gasteiger partial charge in [0.15, 0.2) is 0 Å². The summed E-state index contributed by atoms with van der Waals surface area (Å²) in [4.78, 5) is 1.37. The lowest BCUT2D eigenvalue weighted by Crippen LogP contribution is -2.35. The van der Waals surface area contributed by atoms with Crippen molar-refractivity contribution in [2.75, 3.05) is 11.6 Å². The molecule has 0 heterocycles. The third kappa shape index (κ3) is 3.23. The van der Waals surface area contributed by atoms with E-state index in [9.17, 15) is 0 Å². The van der Waals surface area contributed by atoms with Crippen molar-refractivity contribution in [3.8, 4) is 0 Å². The van der Waals surface area contributed by atoms with Crippen molar-refractivity contribution in [2.45, 2.75) is 50.5 Å². The SMILES string of the molecule is CSc1ccccc1NC1CCCCC1C(C)C. The Labute approximate surface area is 116 Å². The van der Waals surface area contributed by atoms with Gasteiger partial charge in [-0.1, -0.05) is 38.8 Å². The first-order valence-corrected chi connectivity index (χ1v) is 8.34. The predicted octanol–water partition coefficient (Wildman–Crippen LogP) is 5.04. The van der Waals surface area contributed by atoms with Crippen molar-refractivity contribution in [3.63, 3.8) is 0 Å². The fourth-order valence-corrected chi connectivity index (χ4v) is 3.66. The van der Waals surface area contributed by atoms with Gasteiger partial charge in [-0.3, -0.25) is 0 Å². The van der Waals surface area contributed by atoms with Gasteiger partial charge < -0.3 is 5.32 Å². The lowest BCUT2D eigenvalue weighted by atomic mass is 9.78. The van der Waals surface area contributed by atoms with Gasteiger partial charge in [-0.15, -0.1) is 11.8 Å². The maximum atomic E-state index is 3.81. The molecule has 0 bridgehead atoms. The molecule has 0 aliphatic heterocycles. The van der Waals surface area contributed by atoms with Gasteiger partial charge in [0, 0.05) is 16.6 Å². The first kappa shape index (κ1) is 13.8. The number of thioether (sulfide) groups is 1. The molecule has 1 fully saturated rings. The van der Waals surface area contributed by atoms with Crippen molar-refractivity contribution in [1.29, 1.82) is 0 Å². The van der Waals surface area contributed by atoms with Crippen LogP contribution in [0.15, 0.2) is 29.2 Å². The van der Waals surface area contributed by atoms with Crippen molar-refractivity contribution >= 4 is 17.4 Å². The van der Waals surface area contributed by atoms with Gasteiger partial charge in [0.05, 0.1) is 0 Å². The topological polar surface area (TPSA) is 12.0 Å². The first-order valence-electron chi connectivity index (χ1n) is 7.12. The fraction of sp³-hybridized carbons (Fsp3) is 0.625. The first-order chi connectivity index (χ1) is 8.72. The van der Waals surface area contributed by atoms with Gasteiger partial charge in [-0.2, -0.15) is 0 Å². The fourth-order valence-electron chi connectivity index (χ4n) is 3.10. The van der Waals surface area contributed by atoms with Crippen LogP contribution < -0.4 is 5.32 Å². The van der Waals surface area contributed by atoms with Crippen LogP contribution >= 0.6 is 11.8 Å². The van der Waals surface area contributed by atoms with E-state index < -0.39 is 0 Å². The highest BCUT2D eigenvalue weighted by Gasteiger charge is 2.27. The maximum absolute atomic E-state index is 3.81. The van der Waals surface area contributed by atoms with E-state index in [1.165, 1.54) is 36.3 Å². The molecule has 2 rings (SSSR count). The van der Waals surface area contributed by atoms with E-state index in [-0.39, 0.29) is 0 Å². The second-order valence-electron chi connectivity index (χ2n) is 5.64. The molecule has 1 saturated carbocycles. The molecule has 100 valence electrons. The van der Waals surface area contributed by atoms with E-state index in [2.05, 4.69) is 49.7 Å². The van der Waals surface area contributed by atoms with E-state index in [1.54, 1.807) is 0 Å². The van der Waals surface area contributed by atoms with Crippen molar-refractivity contribution in [1.82, 2.24) is 0 Å². The molecule has 0 spiro atoms. The number of anilines is 1. The summed E-state index contributed by atoms with van der Waals surface area (Å²) >= 11 is 1.83. The standard InChI is InChI=1S/C16H25NS/c1-12(2)13-8-4-5-9-14(13)17-15-10-6-7-11-16(15)18-3/h6-7,10-14,17H,4-5,8-9H2,1-3H3. The molecule has 1 nitrogen and oxygen atoms in total. The number of nitrogens with one attached hydrogen (secondary N) is 1. The molecule has 2 heteroatoms. The van der Waals surface area contributed by atoms with Gasteiger partial charge >= 0.3 is 0 Å². The molecular weight excluding hydrogens is 238 g/mol. The van der Waals surface area contributed by atoms with Crippen molar-refractivity contribution in [3.05, 3.63) is 24.3 Å². The van der Waals surface area contributed by atoms with Crippen LogP contribution in [0.1, 0.15) is 39.5 Å². The zero-order valence-corrected chi connectivity index (χ0v) is 12.6. The Morgan fingerprint density at radius 2 is 1.89 bits per heavy atom. The lowest BCUT2D eigenvalue weighted by molar-refractivity contribution is 0.253. The van der Waals surface area contributed by atoms with E-state index >= 15 is 0 Å². The summed E-state index contributed by atoms with van der Waals surface area (Å²) in [6, 6.07) is 9.34. The number of para-hydroxylation sites is 1. The molecule has 1 aromatic rings. The van der Waals surface area contributed by atoms with E-state index in [1.807, 2.05) is 11.8 Å². The zero-order chi connectivity index (χ0) is 13.0. The summed E-state index contributed by atoms with van der Waals surface area (Å²) in [5, 5.41) is 3.81. The van der Waals surface area contributed by atoms with Gasteiger partial charge in [-0.05, 0) is 43.1 Å². The predicted molar refractivity (Wildman–Crippen MR) is 82.4 cm³/mol. The molecule has 1 aliphatic carbocycles. The molecule has 2 unspecified atom stereocenters. The van der Waals surface area contributed by atoms with Gasteiger partial charge in [0.1, 0.15) is 0 Å². The Bertz CT molecular complexity index is 375. The molecule has 1 aromatic carbocycles. The lowest BCUT2D eigenvalue weighted by Gasteiger charge is -2.36.